The molecule has 1 aliphatic carbocycles. The molecule has 3 rings (SSSR count). The van der Waals surface area contributed by atoms with Crippen molar-refractivity contribution in [2.24, 2.45) is 0 Å². The first kappa shape index (κ1) is 11.3. The lowest BCUT2D eigenvalue weighted by Crippen LogP contribution is -2.24. The lowest BCUT2D eigenvalue weighted by molar-refractivity contribution is 0.602. The Morgan fingerprint density at radius 3 is 2.89 bits per heavy atom. The molecule has 0 atom stereocenters. The molecule has 0 unspecified atom stereocenters. The number of nitrogens with zero attached hydrogens (tertiary/aromatic N) is 4. The van der Waals surface area contributed by atoms with E-state index in [9.17, 15) is 4.79 Å². The van der Waals surface area contributed by atoms with Crippen molar-refractivity contribution in [1.82, 2.24) is 18.7 Å². The number of aryl methyl sites for hydroxylation is 1. The molecular weight excluding hydrogens is 228 g/mol. The van der Waals surface area contributed by atoms with Crippen LogP contribution in [0.15, 0.2) is 29.7 Å². The lowest BCUT2D eigenvalue weighted by atomic mass is 10.4. The van der Waals surface area contributed by atoms with Crippen LogP contribution in [-0.4, -0.2) is 18.7 Å². The monoisotopic (exact) mass is 246 g/mol. The van der Waals surface area contributed by atoms with Gasteiger partial charge in [-0.15, -0.1) is 0 Å². The fourth-order valence-electron chi connectivity index (χ4n) is 2.28. The molecule has 0 aliphatic heterocycles. The fourth-order valence-corrected chi connectivity index (χ4v) is 2.28. The van der Waals surface area contributed by atoms with Gasteiger partial charge in [0.2, 0.25) is 0 Å². The maximum atomic E-state index is 12.1. The number of imidazole rings is 2. The Hall–Kier alpha value is -1.78. The highest BCUT2D eigenvalue weighted by Crippen LogP contribution is 2.33. The summed E-state index contributed by atoms with van der Waals surface area (Å²) >= 11 is 0. The molecule has 1 fully saturated rings. The minimum Gasteiger partial charge on any atom is -0.333 e. The van der Waals surface area contributed by atoms with E-state index >= 15 is 0 Å². The Balaban J connectivity index is 1.83. The number of hydrogen-bond donors (Lipinski definition) is 0. The van der Waals surface area contributed by atoms with Gasteiger partial charge in [0.15, 0.2) is 0 Å². The zero-order valence-electron chi connectivity index (χ0n) is 10.6. The third-order valence-electron chi connectivity index (χ3n) is 3.41. The molecule has 1 aliphatic rings. The Labute approximate surface area is 106 Å². The maximum Gasteiger partial charge on any atom is 0.328 e. The summed E-state index contributed by atoms with van der Waals surface area (Å²) in [5.41, 5.74) is 1.19. The normalized spacial score (nSPS) is 15.2. The molecule has 2 heterocycles. The van der Waals surface area contributed by atoms with Crippen LogP contribution in [0.3, 0.4) is 0 Å². The second-order valence-corrected chi connectivity index (χ2v) is 4.93. The van der Waals surface area contributed by atoms with Gasteiger partial charge in [0.05, 0.1) is 18.6 Å². The molecule has 5 nitrogen and oxygen atoms in total. The zero-order chi connectivity index (χ0) is 12.5. The maximum absolute atomic E-state index is 12.1. The first-order valence-electron chi connectivity index (χ1n) is 6.56. The van der Waals surface area contributed by atoms with Crippen LogP contribution in [0, 0.1) is 0 Å². The van der Waals surface area contributed by atoms with Crippen LogP contribution in [-0.2, 0) is 13.1 Å². The van der Waals surface area contributed by atoms with Crippen molar-refractivity contribution >= 4 is 0 Å². The van der Waals surface area contributed by atoms with Crippen molar-refractivity contribution in [3.05, 3.63) is 41.1 Å². The van der Waals surface area contributed by atoms with Gasteiger partial charge in [0, 0.05) is 31.2 Å². The standard InChI is InChI=1S/C13H18N4O/c1-2-5-16-10-14-8-12(16)9-15-6-7-17(13(15)18)11-3-4-11/h6-8,10-11H,2-5,9H2,1H3. The third-order valence-corrected chi connectivity index (χ3v) is 3.41. The summed E-state index contributed by atoms with van der Waals surface area (Å²) < 4.78 is 5.73. The molecule has 2 aromatic rings. The van der Waals surface area contributed by atoms with E-state index < -0.39 is 0 Å². The highest BCUT2D eigenvalue weighted by molar-refractivity contribution is 5.01. The minimum atomic E-state index is 0.0988. The highest BCUT2D eigenvalue weighted by Gasteiger charge is 2.25. The molecule has 1 saturated carbocycles. The van der Waals surface area contributed by atoms with E-state index in [-0.39, 0.29) is 5.69 Å². The first-order valence-corrected chi connectivity index (χ1v) is 6.56. The van der Waals surface area contributed by atoms with Crippen LogP contribution >= 0.6 is 0 Å². The first-order chi connectivity index (χ1) is 8.79. The lowest BCUT2D eigenvalue weighted by Gasteiger charge is -2.06. The smallest absolute Gasteiger partial charge is 0.328 e. The summed E-state index contributed by atoms with van der Waals surface area (Å²) in [6.45, 7) is 3.70. The SMILES string of the molecule is CCCn1cncc1Cn1ccn(C2CC2)c1=O. The largest absolute Gasteiger partial charge is 0.333 e. The van der Waals surface area contributed by atoms with Crippen LogP contribution < -0.4 is 5.69 Å². The van der Waals surface area contributed by atoms with Crippen molar-refractivity contribution in [1.29, 1.82) is 0 Å². The Morgan fingerprint density at radius 1 is 1.33 bits per heavy atom. The summed E-state index contributed by atoms with van der Waals surface area (Å²) in [5, 5.41) is 0. The quantitative estimate of drug-likeness (QED) is 0.805. The van der Waals surface area contributed by atoms with Crippen LogP contribution in [0.4, 0.5) is 0 Å². The number of hydrogen-bond acceptors (Lipinski definition) is 2. The van der Waals surface area contributed by atoms with Gasteiger partial charge in [-0.3, -0.25) is 9.13 Å². The van der Waals surface area contributed by atoms with Gasteiger partial charge in [0.25, 0.3) is 0 Å². The molecule has 5 heteroatoms. The van der Waals surface area contributed by atoms with Crippen molar-refractivity contribution in [2.75, 3.05) is 0 Å². The van der Waals surface area contributed by atoms with Crippen molar-refractivity contribution < 1.29 is 0 Å². The average Bonchev–Trinajstić information content (AvgIpc) is 3.02. The molecule has 0 radical (unpaired) electrons. The Kier molecular flexibility index (Phi) is 2.81. The molecule has 0 bridgehead atoms. The molecule has 96 valence electrons. The van der Waals surface area contributed by atoms with Gasteiger partial charge in [-0.1, -0.05) is 6.92 Å². The van der Waals surface area contributed by atoms with E-state index in [0.29, 0.717) is 12.6 Å². The second-order valence-electron chi connectivity index (χ2n) is 4.93. The topological polar surface area (TPSA) is 44.8 Å². The van der Waals surface area contributed by atoms with Gasteiger partial charge in [0.1, 0.15) is 0 Å². The molecule has 2 aromatic heterocycles. The van der Waals surface area contributed by atoms with Gasteiger partial charge in [-0.25, -0.2) is 9.78 Å². The van der Waals surface area contributed by atoms with E-state index in [2.05, 4.69) is 16.5 Å². The summed E-state index contributed by atoms with van der Waals surface area (Å²) in [4.78, 5) is 16.3. The van der Waals surface area contributed by atoms with Gasteiger partial charge in [-0.05, 0) is 19.3 Å². The van der Waals surface area contributed by atoms with E-state index in [1.54, 1.807) is 4.57 Å². The van der Waals surface area contributed by atoms with Crippen LogP contribution in [0.1, 0.15) is 37.9 Å². The van der Waals surface area contributed by atoms with Gasteiger partial charge >= 0.3 is 5.69 Å². The molecule has 0 aromatic carbocycles. The Bertz CT molecular complexity index is 588. The van der Waals surface area contributed by atoms with Gasteiger partial charge in [-0.2, -0.15) is 0 Å². The fraction of sp³-hybridized carbons (Fsp3) is 0.538. The van der Waals surface area contributed by atoms with Gasteiger partial charge < -0.3 is 4.57 Å². The third kappa shape index (κ3) is 2.00. The van der Waals surface area contributed by atoms with Crippen molar-refractivity contribution in [3.8, 4) is 0 Å². The summed E-state index contributed by atoms with van der Waals surface area (Å²) in [5.74, 6) is 0. The second kappa shape index (κ2) is 4.48. The summed E-state index contributed by atoms with van der Waals surface area (Å²) in [7, 11) is 0. The predicted molar refractivity (Wildman–Crippen MR) is 68.6 cm³/mol. The molecule has 18 heavy (non-hydrogen) atoms. The summed E-state index contributed by atoms with van der Waals surface area (Å²) in [6, 6.07) is 0.444. The zero-order valence-corrected chi connectivity index (χ0v) is 10.6. The van der Waals surface area contributed by atoms with Crippen molar-refractivity contribution in [3.63, 3.8) is 0 Å². The van der Waals surface area contributed by atoms with Crippen LogP contribution in [0.2, 0.25) is 0 Å². The van der Waals surface area contributed by atoms with E-state index in [4.69, 9.17) is 0 Å². The van der Waals surface area contributed by atoms with E-state index in [0.717, 1.165) is 31.5 Å². The predicted octanol–water partition coefficient (Wildman–Crippen LogP) is 1.64. The van der Waals surface area contributed by atoms with Crippen LogP contribution in [0.25, 0.3) is 0 Å². The molecular formula is C13H18N4O. The average molecular weight is 246 g/mol. The molecule has 0 saturated heterocycles. The highest BCUT2D eigenvalue weighted by atomic mass is 16.1. The van der Waals surface area contributed by atoms with E-state index in [1.807, 2.05) is 29.5 Å². The van der Waals surface area contributed by atoms with E-state index in [1.165, 1.54) is 0 Å². The Morgan fingerprint density at radius 2 is 2.17 bits per heavy atom. The molecule has 0 amide bonds. The minimum absolute atomic E-state index is 0.0988. The van der Waals surface area contributed by atoms with Crippen LogP contribution in [0.5, 0.6) is 0 Å². The van der Waals surface area contributed by atoms with Crippen molar-refractivity contribution in [2.45, 2.75) is 45.3 Å². The molecule has 0 spiro atoms. The summed E-state index contributed by atoms with van der Waals surface area (Å²) in [6.07, 6.45) is 10.8. The molecule has 0 N–H and O–H groups in total. The number of aromatic nitrogens is 4. The number of rotatable bonds is 5.